The smallest absolute Gasteiger partial charge is 1.00 e. The molecule has 1 aliphatic heterocycles. The van der Waals surface area contributed by atoms with Crippen molar-refractivity contribution < 1.29 is 2.85 Å². The fraction of sp³-hybridized carbons (Fsp3) is 1.00. The van der Waals surface area contributed by atoms with Crippen LogP contribution in [0.1, 0.15) is 2.85 Å². The first-order valence-corrected chi connectivity index (χ1v) is 1.21. The topological polar surface area (TPSA) is 21.9 Å². The molecule has 1 N–H and O–H groups in total. The molecule has 0 spiro atoms. The van der Waals surface area contributed by atoms with Crippen molar-refractivity contribution in [2.75, 3.05) is 13.1 Å². The van der Waals surface area contributed by atoms with Crippen molar-refractivity contribution in [2.45, 2.75) is 0 Å². The number of nitrogens with one attached hydrogen (secondary N) is 1. The van der Waals surface area contributed by atoms with E-state index in [1.54, 1.807) is 0 Å². The van der Waals surface area contributed by atoms with Gasteiger partial charge in [0.05, 0.1) is 0 Å². The molecule has 0 aliphatic carbocycles. The molecule has 2 heteroatoms. The van der Waals surface area contributed by atoms with Crippen molar-refractivity contribution in [2.24, 2.45) is 0 Å². The van der Waals surface area contributed by atoms with E-state index in [4.69, 9.17) is 0 Å². The van der Waals surface area contributed by atoms with Gasteiger partial charge in [-0.1, -0.05) is 0 Å². The second-order valence-corrected chi connectivity index (χ2v) is 0.750. The molecule has 0 unspecified atom stereocenters. The monoisotopic (exact) mass is 183 g/mol. The summed E-state index contributed by atoms with van der Waals surface area (Å²) >= 11 is 0. The van der Waals surface area contributed by atoms with E-state index < -0.39 is 0 Å². The first kappa shape index (κ1) is 5.53. The Bertz CT molecular complexity index is 16.3. The average Bonchev–Trinajstić information content (AvgIpc) is 1.46. The van der Waals surface area contributed by atoms with E-state index in [-0.39, 0.29) is 51.7 Å². The molecule has 1 aliphatic rings. The van der Waals surface area contributed by atoms with Crippen LogP contribution in [-0.4, -0.2) is 62.0 Å². The molecule has 22 valence electrons. The summed E-state index contributed by atoms with van der Waals surface area (Å²) in [5, 5.41) is 3.00. The minimum absolute atomic E-state index is 0. The maximum absolute atomic E-state index is 3.00. The van der Waals surface area contributed by atoms with E-state index in [0.717, 1.165) is 0 Å². The van der Waals surface area contributed by atoms with E-state index in [1.165, 1.54) is 13.1 Å². The number of hydrogen-bond donors (Lipinski definition) is 1. The van der Waals surface area contributed by atoms with Gasteiger partial charge in [-0.05, 0) is 0 Å². The molecule has 4 heavy (non-hydrogen) atoms. The molecule has 0 aromatic rings. The Hall–Kier alpha value is 1.53. The molecule has 0 bridgehead atoms. The Balaban J connectivity index is -0.0000000300. The van der Waals surface area contributed by atoms with Crippen LogP contribution < -0.4 is 5.32 Å². The van der Waals surface area contributed by atoms with Gasteiger partial charge in [0.15, 0.2) is 0 Å². The van der Waals surface area contributed by atoms with E-state index in [2.05, 4.69) is 5.32 Å². The van der Waals surface area contributed by atoms with Gasteiger partial charge < -0.3 is 8.17 Å². The zero-order valence-corrected chi connectivity index (χ0v) is 7.06. The molecular formula is C2H7BaN. The molecule has 0 saturated carbocycles. The van der Waals surface area contributed by atoms with E-state index in [9.17, 15) is 0 Å². The van der Waals surface area contributed by atoms with Gasteiger partial charge in [0, 0.05) is 13.1 Å². The van der Waals surface area contributed by atoms with Gasteiger partial charge in [-0.3, -0.25) is 0 Å². The quantitative estimate of drug-likeness (QED) is 0.393. The third-order valence-electron chi connectivity index (χ3n) is 0.250. The molecule has 0 aromatic carbocycles. The van der Waals surface area contributed by atoms with E-state index >= 15 is 0 Å². The Labute approximate surface area is 69.2 Å². The van der Waals surface area contributed by atoms with Crippen molar-refractivity contribution in [3.05, 3.63) is 0 Å². The molecule has 0 aromatic heterocycles. The van der Waals surface area contributed by atoms with Crippen LogP contribution in [0.4, 0.5) is 0 Å². The molecular weight excluding hydrogens is 175 g/mol. The molecule has 1 heterocycles. The SMILES string of the molecule is C1CN1.[Ba+2].[H-].[H-]. The third kappa shape index (κ3) is 3.53. The number of hydrogen-bond acceptors (Lipinski definition) is 1. The van der Waals surface area contributed by atoms with Crippen LogP contribution in [0.5, 0.6) is 0 Å². The average molecular weight is 182 g/mol. The van der Waals surface area contributed by atoms with Gasteiger partial charge in [0.2, 0.25) is 0 Å². The van der Waals surface area contributed by atoms with Crippen molar-refractivity contribution in [1.82, 2.24) is 5.32 Å². The Morgan fingerprint density at radius 2 is 1.75 bits per heavy atom. The van der Waals surface area contributed by atoms with Crippen molar-refractivity contribution >= 4 is 48.9 Å². The maximum Gasteiger partial charge on any atom is 2.00 e. The summed E-state index contributed by atoms with van der Waals surface area (Å²) in [7, 11) is 0. The normalized spacial score (nSPS) is 18.0. The summed E-state index contributed by atoms with van der Waals surface area (Å²) in [6.07, 6.45) is 0. The summed E-state index contributed by atoms with van der Waals surface area (Å²) < 4.78 is 0. The Morgan fingerprint density at radius 3 is 1.75 bits per heavy atom. The van der Waals surface area contributed by atoms with Gasteiger partial charge >= 0.3 is 48.9 Å². The maximum atomic E-state index is 3.00. The first-order valence-electron chi connectivity index (χ1n) is 1.21. The predicted molar refractivity (Wildman–Crippen MR) is 20.8 cm³/mol. The second-order valence-electron chi connectivity index (χ2n) is 0.750. The summed E-state index contributed by atoms with van der Waals surface area (Å²) in [6, 6.07) is 0. The fourth-order valence-electron chi connectivity index (χ4n) is 0. The van der Waals surface area contributed by atoms with Crippen LogP contribution in [-0.2, 0) is 0 Å². The summed E-state index contributed by atoms with van der Waals surface area (Å²) in [5.74, 6) is 0. The van der Waals surface area contributed by atoms with Gasteiger partial charge in [-0.2, -0.15) is 0 Å². The van der Waals surface area contributed by atoms with Gasteiger partial charge in [-0.25, -0.2) is 0 Å². The van der Waals surface area contributed by atoms with Crippen LogP contribution in [0.25, 0.3) is 0 Å². The first-order chi connectivity index (χ1) is 1.50. The van der Waals surface area contributed by atoms with Crippen molar-refractivity contribution in [3.8, 4) is 0 Å². The predicted octanol–water partition coefficient (Wildman–Crippen LogP) is -0.566. The summed E-state index contributed by atoms with van der Waals surface area (Å²) in [6.45, 7) is 2.50. The van der Waals surface area contributed by atoms with Gasteiger partial charge in [-0.15, -0.1) is 0 Å². The minimum Gasteiger partial charge on any atom is -1.00 e. The second kappa shape index (κ2) is 2.75. The fourth-order valence-corrected chi connectivity index (χ4v) is 0. The molecule has 1 fully saturated rings. The summed E-state index contributed by atoms with van der Waals surface area (Å²) in [5.41, 5.74) is 0. The van der Waals surface area contributed by atoms with Crippen LogP contribution in [0.15, 0.2) is 0 Å². The van der Waals surface area contributed by atoms with Crippen molar-refractivity contribution in [1.29, 1.82) is 0 Å². The standard InChI is InChI=1S/C2H5N.Ba.2H/c1-2-3-1;;;/h3H,1-2H2;;;/q;+2;2*-1. The molecule has 0 amide bonds. The zero-order chi connectivity index (χ0) is 2.12. The van der Waals surface area contributed by atoms with Gasteiger partial charge in [0.1, 0.15) is 0 Å². The minimum atomic E-state index is 0. The van der Waals surface area contributed by atoms with Crippen LogP contribution in [0.3, 0.4) is 0 Å². The molecule has 0 atom stereocenters. The molecule has 1 rings (SSSR count). The molecule has 1 saturated heterocycles. The third-order valence-corrected chi connectivity index (χ3v) is 0.250. The largest absolute Gasteiger partial charge is 2.00 e. The van der Waals surface area contributed by atoms with Crippen LogP contribution >= 0.6 is 0 Å². The number of rotatable bonds is 0. The summed E-state index contributed by atoms with van der Waals surface area (Å²) in [4.78, 5) is 0. The van der Waals surface area contributed by atoms with E-state index in [1.807, 2.05) is 0 Å². The van der Waals surface area contributed by atoms with Crippen molar-refractivity contribution in [3.63, 3.8) is 0 Å². The van der Waals surface area contributed by atoms with E-state index in [0.29, 0.717) is 0 Å². The Morgan fingerprint density at radius 1 is 1.50 bits per heavy atom. The molecule has 1 nitrogen and oxygen atoms in total. The van der Waals surface area contributed by atoms with Crippen LogP contribution in [0, 0.1) is 0 Å². The Kier molecular flexibility index (Phi) is 3.81. The van der Waals surface area contributed by atoms with Crippen LogP contribution in [0.2, 0.25) is 0 Å². The molecule has 0 radical (unpaired) electrons. The van der Waals surface area contributed by atoms with Gasteiger partial charge in [0.25, 0.3) is 0 Å². The zero-order valence-electron chi connectivity index (χ0n) is 4.62.